The second-order valence-electron chi connectivity index (χ2n) is 14.4. The van der Waals surface area contributed by atoms with E-state index in [1.807, 2.05) is 0 Å². The Bertz CT molecular complexity index is 954. The third-order valence-corrected chi connectivity index (χ3v) is 9.20. The van der Waals surface area contributed by atoms with Gasteiger partial charge in [0.15, 0.2) is 0 Å². The number of carbonyl (C=O) groups is 1. The number of rotatable bonds is 40. The van der Waals surface area contributed by atoms with Crippen LogP contribution in [0, 0.1) is 0 Å². The van der Waals surface area contributed by atoms with Crippen LogP contribution in [-0.4, -0.2) is 37.0 Å². The van der Waals surface area contributed by atoms with Crippen molar-refractivity contribution < 1.29 is 19.4 Å². The van der Waals surface area contributed by atoms with Crippen molar-refractivity contribution in [1.82, 2.24) is 0 Å². The molecule has 0 aromatic heterocycles. The van der Waals surface area contributed by atoms with Crippen LogP contribution in [0.4, 0.5) is 0 Å². The minimum absolute atomic E-state index is 0.191. The summed E-state index contributed by atoms with van der Waals surface area (Å²) in [5.74, 6) is -0.219. The standard InChI is InChI=1S/C49H84O4/c1-3-5-7-9-11-13-15-17-19-21-22-23-24-25-26-27-28-29-30-32-34-36-38-40-42-44-49(51)53-48(46-50)47-52-45-43-41-39-37-35-33-31-20-18-16-14-12-10-8-6-4-2/h6,8,12,14-15,17-18,20-22,24-25,33,35,48,50H,3-5,7,9-11,13,16,19,23,26-32,34,36-47H2,1-2H3/b8-6-,14-12-,17-15-,20-18-,22-21-,25-24-,35-33-. The molecule has 0 aromatic carbocycles. The van der Waals surface area contributed by atoms with Crippen LogP contribution < -0.4 is 0 Å². The van der Waals surface area contributed by atoms with Gasteiger partial charge in [-0.3, -0.25) is 4.79 Å². The summed E-state index contributed by atoms with van der Waals surface area (Å²) >= 11 is 0. The molecule has 0 aliphatic rings. The van der Waals surface area contributed by atoms with E-state index in [0.29, 0.717) is 13.0 Å². The van der Waals surface area contributed by atoms with Crippen LogP contribution in [-0.2, 0) is 14.3 Å². The van der Waals surface area contributed by atoms with Gasteiger partial charge in [0.2, 0.25) is 0 Å². The van der Waals surface area contributed by atoms with Crippen molar-refractivity contribution in [3.63, 3.8) is 0 Å². The minimum atomic E-state index is -0.558. The number of aliphatic hydroxyl groups is 1. The first-order chi connectivity index (χ1) is 26.2. The normalized spacial score (nSPS) is 13.2. The first-order valence-corrected chi connectivity index (χ1v) is 22.2. The summed E-state index contributed by atoms with van der Waals surface area (Å²) in [5.41, 5.74) is 0. The van der Waals surface area contributed by atoms with E-state index in [2.05, 4.69) is 98.9 Å². The number of unbranched alkanes of at least 4 members (excludes halogenated alkanes) is 18. The first-order valence-electron chi connectivity index (χ1n) is 22.2. The second-order valence-corrected chi connectivity index (χ2v) is 14.4. The van der Waals surface area contributed by atoms with Gasteiger partial charge >= 0.3 is 5.97 Å². The zero-order valence-electron chi connectivity index (χ0n) is 34.8. The van der Waals surface area contributed by atoms with Gasteiger partial charge in [0.25, 0.3) is 0 Å². The van der Waals surface area contributed by atoms with E-state index in [9.17, 15) is 9.90 Å². The van der Waals surface area contributed by atoms with E-state index in [1.165, 1.54) is 96.3 Å². The maximum Gasteiger partial charge on any atom is 0.306 e. The fraction of sp³-hybridized carbons (Fsp3) is 0.694. The second kappa shape index (κ2) is 45.7. The molecule has 0 fully saturated rings. The molecule has 0 aromatic rings. The van der Waals surface area contributed by atoms with Crippen molar-refractivity contribution in [2.24, 2.45) is 0 Å². The average Bonchev–Trinajstić information content (AvgIpc) is 3.16. The summed E-state index contributed by atoms with van der Waals surface area (Å²) in [4.78, 5) is 12.2. The lowest BCUT2D eigenvalue weighted by Crippen LogP contribution is -2.27. The molecule has 0 heterocycles. The number of hydrogen-bond donors (Lipinski definition) is 1. The highest BCUT2D eigenvalue weighted by Crippen LogP contribution is 2.13. The molecule has 0 bridgehead atoms. The SMILES string of the molecule is CC/C=C\C/C=C\C/C=C\C/C=C\CCCCCOCC(CO)OC(=O)CCCCCCCCCCCC/C=C\C/C=C\C/C=C\CCCCCCC. The number of esters is 1. The van der Waals surface area contributed by atoms with Crippen LogP contribution in [0.25, 0.3) is 0 Å². The lowest BCUT2D eigenvalue weighted by atomic mass is 10.0. The van der Waals surface area contributed by atoms with Gasteiger partial charge in [-0.1, -0.05) is 182 Å². The molecule has 4 heteroatoms. The van der Waals surface area contributed by atoms with Crippen molar-refractivity contribution in [2.75, 3.05) is 19.8 Å². The molecule has 0 rings (SSSR count). The first kappa shape index (κ1) is 50.6. The number of hydrogen-bond acceptors (Lipinski definition) is 4. The largest absolute Gasteiger partial charge is 0.457 e. The van der Waals surface area contributed by atoms with E-state index < -0.39 is 6.10 Å². The van der Waals surface area contributed by atoms with Crippen molar-refractivity contribution in [3.8, 4) is 0 Å². The van der Waals surface area contributed by atoms with E-state index in [0.717, 1.165) is 77.0 Å². The predicted molar refractivity (Wildman–Crippen MR) is 232 cm³/mol. The van der Waals surface area contributed by atoms with E-state index in [1.54, 1.807) is 0 Å². The summed E-state index contributed by atoms with van der Waals surface area (Å²) in [6.45, 7) is 5.14. The molecular formula is C49H84O4. The van der Waals surface area contributed by atoms with E-state index in [-0.39, 0.29) is 19.2 Å². The zero-order chi connectivity index (χ0) is 38.4. The van der Waals surface area contributed by atoms with Crippen LogP contribution in [0.2, 0.25) is 0 Å². The smallest absolute Gasteiger partial charge is 0.306 e. The summed E-state index contributed by atoms with van der Waals surface area (Å²) in [5, 5.41) is 9.60. The predicted octanol–water partition coefficient (Wildman–Crippen LogP) is 14.8. The minimum Gasteiger partial charge on any atom is -0.457 e. The van der Waals surface area contributed by atoms with Crippen LogP contribution in [0.5, 0.6) is 0 Å². The Morgan fingerprint density at radius 2 is 0.849 bits per heavy atom. The van der Waals surface area contributed by atoms with Gasteiger partial charge in [0, 0.05) is 13.0 Å². The fourth-order valence-corrected chi connectivity index (χ4v) is 5.91. The molecule has 53 heavy (non-hydrogen) atoms. The zero-order valence-corrected chi connectivity index (χ0v) is 34.8. The Labute approximate surface area is 329 Å². The maximum absolute atomic E-state index is 12.2. The number of allylic oxidation sites excluding steroid dienone is 14. The van der Waals surface area contributed by atoms with Crippen molar-refractivity contribution in [1.29, 1.82) is 0 Å². The Balaban J connectivity index is 3.51. The van der Waals surface area contributed by atoms with Crippen LogP contribution in [0.3, 0.4) is 0 Å². The quantitative estimate of drug-likeness (QED) is 0.0387. The van der Waals surface area contributed by atoms with Crippen molar-refractivity contribution in [2.45, 2.75) is 200 Å². The molecule has 1 N–H and O–H groups in total. The Hall–Kier alpha value is -2.43. The van der Waals surface area contributed by atoms with Crippen LogP contribution in [0.15, 0.2) is 85.1 Å². The molecule has 0 amide bonds. The third-order valence-electron chi connectivity index (χ3n) is 9.20. The molecule has 304 valence electrons. The lowest BCUT2D eigenvalue weighted by Gasteiger charge is -2.15. The Morgan fingerprint density at radius 3 is 1.28 bits per heavy atom. The van der Waals surface area contributed by atoms with Gasteiger partial charge in [-0.2, -0.15) is 0 Å². The number of ether oxygens (including phenoxy) is 2. The monoisotopic (exact) mass is 737 g/mol. The lowest BCUT2D eigenvalue weighted by molar-refractivity contribution is -0.154. The van der Waals surface area contributed by atoms with Gasteiger partial charge in [-0.25, -0.2) is 0 Å². The molecule has 1 unspecified atom stereocenters. The molecule has 4 nitrogen and oxygen atoms in total. The third kappa shape index (κ3) is 43.9. The summed E-state index contributed by atoms with van der Waals surface area (Å²) < 4.78 is 11.1. The Kier molecular flexibility index (Phi) is 43.6. The summed E-state index contributed by atoms with van der Waals surface area (Å²) in [7, 11) is 0. The summed E-state index contributed by atoms with van der Waals surface area (Å²) in [6.07, 6.45) is 63.6. The molecular weight excluding hydrogens is 653 g/mol. The molecule has 1 atom stereocenters. The molecule has 0 aliphatic carbocycles. The number of aliphatic hydroxyl groups excluding tert-OH is 1. The fourth-order valence-electron chi connectivity index (χ4n) is 5.91. The number of carbonyl (C=O) groups excluding carboxylic acids is 1. The summed E-state index contributed by atoms with van der Waals surface area (Å²) in [6, 6.07) is 0. The van der Waals surface area contributed by atoms with Gasteiger partial charge in [0.1, 0.15) is 6.10 Å². The topological polar surface area (TPSA) is 55.8 Å². The Morgan fingerprint density at radius 1 is 0.472 bits per heavy atom. The highest BCUT2D eigenvalue weighted by Gasteiger charge is 2.13. The van der Waals surface area contributed by atoms with Crippen LogP contribution in [0.1, 0.15) is 194 Å². The van der Waals surface area contributed by atoms with Crippen molar-refractivity contribution >= 4 is 5.97 Å². The molecule has 0 saturated heterocycles. The maximum atomic E-state index is 12.2. The molecule has 0 radical (unpaired) electrons. The van der Waals surface area contributed by atoms with Crippen molar-refractivity contribution in [3.05, 3.63) is 85.1 Å². The molecule has 0 aliphatic heterocycles. The van der Waals surface area contributed by atoms with E-state index >= 15 is 0 Å². The van der Waals surface area contributed by atoms with Gasteiger partial charge in [0.05, 0.1) is 13.2 Å². The van der Waals surface area contributed by atoms with E-state index in [4.69, 9.17) is 9.47 Å². The average molecular weight is 737 g/mol. The molecule has 0 spiro atoms. The van der Waals surface area contributed by atoms with Gasteiger partial charge < -0.3 is 14.6 Å². The highest BCUT2D eigenvalue weighted by atomic mass is 16.6. The van der Waals surface area contributed by atoms with Crippen LogP contribution >= 0.6 is 0 Å². The molecule has 0 saturated carbocycles. The van der Waals surface area contributed by atoms with Gasteiger partial charge in [-0.15, -0.1) is 0 Å². The highest BCUT2D eigenvalue weighted by molar-refractivity contribution is 5.69. The van der Waals surface area contributed by atoms with Gasteiger partial charge in [-0.05, 0) is 89.9 Å².